The smallest absolute Gasteiger partial charge is 0.376 e. The first-order valence-corrected chi connectivity index (χ1v) is 8.91. The number of rotatable bonds is 6. The van der Waals surface area contributed by atoms with E-state index in [-0.39, 0.29) is 0 Å². The summed E-state index contributed by atoms with van der Waals surface area (Å²) in [5, 5.41) is 0. The minimum atomic E-state index is -5.17. The van der Waals surface area contributed by atoms with E-state index in [0.717, 1.165) is 0 Å². The van der Waals surface area contributed by atoms with E-state index in [4.69, 9.17) is 13.7 Å². The van der Waals surface area contributed by atoms with Crippen molar-refractivity contribution in [2.24, 2.45) is 0 Å². The second-order valence-electron chi connectivity index (χ2n) is 3.65. The van der Waals surface area contributed by atoms with Crippen molar-refractivity contribution in [1.82, 2.24) is 0 Å². The number of hydrogen-bond acceptors (Lipinski definition) is 10. The van der Waals surface area contributed by atoms with Crippen molar-refractivity contribution in [2.45, 2.75) is 18.3 Å². The second-order valence-corrected chi connectivity index (χ2v) is 6.79. The highest BCUT2D eigenvalue weighted by molar-refractivity contribution is 7.81. The van der Waals surface area contributed by atoms with Gasteiger partial charge in [-0.15, -0.1) is 0 Å². The lowest BCUT2D eigenvalue weighted by atomic mass is 10.1. The Labute approximate surface area is 119 Å². The minimum absolute atomic E-state index is 0.648. The van der Waals surface area contributed by atoms with Crippen LogP contribution < -0.4 is 0 Å². The van der Waals surface area contributed by atoms with Gasteiger partial charge in [-0.25, -0.2) is 12.5 Å². The Morgan fingerprint density at radius 3 is 1.33 bits per heavy atom. The molecular weight excluding hydrogens is 364 g/mol. The lowest BCUT2D eigenvalue weighted by molar-refractivity contribution is -0.125. The standard InChI is InChI=1S/C5H10O13S3/c6-19(7,8)16-3-1-15-2-4(17-20(9,10)11)5(3)18-21(12,13)14/h3-5H,1-2H2,(H,6,7,8)(H,9,10,11)(H,12,13,14)/t3-,4-/m1/s1. The molecule has 1 aliphatic rings. The van der Waals surface area contributed by atoms with Crippen LogP contribution >= 0.6 is 0 Å². The third kappa shape index (κ3) is 7.40. The fourth-order valence-electron chi connectivity index (χ4n) is 1.47. The Kier molecular flexibility index (Phi) is 5.64. The van der Waals surface area contributed by atoms with E-state index in [2.05, 4.69) is 17.3 Å². The Balaban J connectivity index is 3.06. The van der Waals surface area contributed by atoms with Crippen LogP contribution in [-0.2, 0) is 48.5 Å². The molecule has 21 heavy (non-hydrogen) atoms. The fraction of sp³-hybridized carbons (Fsp3) is 1.00. The monoisotopic (exact) mass is 374 g/mol. The summed E-state index contributed by atoms with van der Waals surface area (Å²) >= 11 is 0. The summed E-state index contributed by atoms with van der Waals surface area (Å²) in [6.45, 7) is -1.30. The SMILES string of the molecule is O=S(=O)(O)OC1[C@H](OS(=O)(=O)O)COC[C@H]1OS(=O)(=O)O. The van der Waals surface area contributed by atoms with E-state index in [1.807, 2.05) is 0 Å². The molecule has 0 aromatic rings. The van der Waals surface area contributed by atoms with E-state index in [1.165, 1.54) is 0 Å². The molecule has 3 N–H and O–H groups in total. The van der Waals surface area contributed by atoms with Crippen LogP contribution in [0.3, 0.4) is 0 Å². The summed E-state index contributed by atoms with van der Waals surface area (Å²) in [6.07, 6.45) is -5.79. The topological polar surface area (TPSA) is 200 Å². The van der Waals surface area contributed by atoms with Crippen LogP contribution in [0.5, 0.6) is 0 Å². The van der Waals surface area contributed by atoms with Crippen molar-refractivity contribution in [1.29, 1.82) is 0 Å². The Hall–Kier alpha value is -0.430. The molecule has 126 valence electrons. The van der Waals surface area contributed by atoms with Crippen molar-refractivity contribution < 1.29 is 56.2 Å². The quantitative estimate of drug-likeness (QED) is 0.415. The highest BCUT2D eigenvalue weighted by atomic mass is 32.3. The van der Waals surface area contributed by atoms with E-state index in [1.54, 1.807) is 0 Å². The zero-order chi connectivity index (χ0) is 16.5. The molecule has 1 rings (SSSR count). The van der Waals surface area contributed by atoms with Crippen molar-refractivity contribution in [3.05, 3.63) is 0 Å². The first-order chi connectivity index (χ1) is 9.27. The Bertz CT molecular complexity index is 617. The second kappa shape index (κ2) is 6.36. The third-order valence-corrected chi connectivity index (χ3v) is 3.47. The maximum absolute atomic E-state index is 10.7. The predicted octanol–water partition coefficient (Wildman–Crippen LogP) is -2.42. The molecule has 0 aromatic carbocycles. The first kappa shape index (κ1) is 18.6. The Morgan fingerprint density at radius 2 is 1.05 bits per heavy atom. The molecule has 1 aliphatic heterocycles. The molecule has 0 amide bonds. The summed E-state index contributed by atoms with van der Waals surface area (Å²) in [4.78, 5) is 0. The van der Waals surface area contributed by atoms with Gasteiger partial charge in [0.15, 0.2) is 0 Å². The van der Waals surface area contributed by atoms with Crippen LogP contribution in [0.1, 0.15) is 0 Å². The van der Waals surface area contributed by atoms with E-state index in [9.17, 15) is 25.3 Å². The maximum Gasteiger partial charge on any atom is 0.397 e. The van der Waals surface area contributed by atoms with Crippen LogP contribution in [0, 0.1) is 0 Å². The summed E-state index contributed by atoms with van der Waals surface area (Å²) in [5.41, 5.74) is 0. The van der Waals surface area contributed by atoms with Gasteiger partial charge in [-0.1, -0.05) is 0 Å². The molecule has 0 spiro atoms. The van der Waals surface area contributed by atoms with Crippen molar-refractivity contribution in [3.8, 4) is 0 Å². The highest BCUT2D eigenvalue weighted by Crippen LogP contribution is 2.22. The average molecular weight is 374 g/mol. The molecule has 0 aromatic heterocycles. The van der Waals surface area contributed by atoms with Crippen LogP contribution in [-0.4, -0.2) is 70.4 Å². The van der Waals surface area contributed by atoms with Crippen LogP contribution in [0.4, 0.5) is 0 Å². The molecule has 1 fully saturated rings. The van der Waals surface area contributed by atoms with Crippen molar-refractivity contribution in [3.63, 3.8) is 0 Å². The predicted molar refractivity (Wildman–Crippen MR) is 60.1 cm³/mol. The molecule has 13 nitrogen and oxygen atoms in total. The molecule has 0 radical (unpaired) electrons. The molecule has 0 bridgehead atoms. The molecule has 2 atom stereocenters. The molecular formula is C5H10O13S3. The number of hydrogen-bond donors (Lipinski definition) is 3. The summed E-state index contributed by atoms with van der Waals surface area (Å²) in [5.74, 6) is 0. The minimum Gasteiger partial charge on any atom is -0.376 e. The van der Waals surface area contributed by atoms with Gasteiger partial charge >= 0.3 is 31.2 Å². The molecule has 16 heteroatoms. The van der Waals surface area contributed by atoms with Crippen molar-refractivity contribution in [2.75, 3.05) is 13.2 Å². The summed E-state index contributed by atoms with van der Waals surface area (Å²) in [6, 6.07) is 0. The van der Waals surface area contributed by atoms with Gasteiger partial charge in [0, 0.05) is 0 Å². The van der Waals surface area contributed by atoms with Gasteiger partial charge in [-0.3, -0.25) is 13.7 Å². The number of ether oxygens (including phenoxy) is 1. The highest BCUT2D eigenvalue weighted by Gasteiger charge is 2.43. The van der Waals surface area contributed by atoms with Crippen LogP contribution in [0.2, 0.25) is 0 Å². The first-order valence-electron chi connectivity index (χ1n) is 4.82. The molecule has 0 aliphatic carbocycles. The maximum atomic E-state index is 10.7. The average Bonchev–Trinajstić information content (AvgIpc) is 2.16. The molecule has 1 saturated heterocycles. The fourth-order valence-corrected chi connectivity index (χ4v) is 2.95. The largest absolute Gasteiger partial charge is 0.397 e. The zero-order valence-corrected chi connectivity index (χ0v) is 12.2. The third-order valence-electron chi connectivity index (χ3n) is 2.02. The summed E-state index contributed by atoms with van der Waals surface area (Å²) in [7, 11) is -15.3. The molecule has 0 unspecified atom stereocenters. The van der Waals surface area contributed by atoms with Crippen LogP contribution in [0.15, 0.2) is 0 Å². The van der Waals surface area contributed by atoms with E-state index < -0.39 is 62.7 Å². The van der Waals surface area contributed by atoms with Gasteiger partial charge in [0.2, 0.25) is 0 Å². The zero-order valence-electron chi connectivity index (χ0n) is 9.80. The molecule has 0 saturated carbocycles. The lowest BCUT2D eigenvalue weighted by Gasteiger charge is -2.33. The van der Waals surface area contributed by atoms with Crippen LogP contribution in [0.25, 0.3) is 0 Å². The lowest BCUT2D eigenvalue weighted by Crippen LogP contribution is -2.53. The molecule has 1 heterocycles. The van der Waals surface area contributed by atoms with Gasteiger partial charge in [-0.05, 0) is 0 Å². The normalized spacial score (nSPS) is 25.9. The van der Waals surface area contributed by atoms with E-state index >= 15 is 0 Å². The van der Waals surface area contributed by atoms with E-state index in [0.29, 0.717) is 0 Å². The van der Waals surface area contributed by atoms with Gasteiger partial charge in [0.25, 0.3) is 0 Å². The van der Waals surface area contributed by atoms with Crippen molar-refractivity contribution >= 4 is 31.2 Å². The Morgan fingerprint density at radius 1 is 0.714 bits per heavy atom. The van der Waals surface area contributed by atoms with Gasteiger partial charge in [-0.2, -0.15) is 25.3 Å². The van der Waals surface area contributed by atoms with Gasteiger partial charge < -0.3 is 4.74 Å². The van der Waals surface area contributed by atoms with Gasteiger partial charge in [0.05, 0.1) is 13.2 Å². The summed E-state index contributed by atoms with van der Waals surface area (Å²) < 4.78 is 106. The van der Waals surface area contributed by atoms with Gasteiger partial charge in [0.1, 0.15) is 18.3 Å².